The molecule has 2 heterocycles. The largest absolute Gasteiger partial charge is 0.391 e. The summed E-state index contributed by atoms with van der Waals surface area (Å²) in [4.78, 5) is 12.4. The molecule has 1 aromatic heterocycles. The summed E-state index contributed by atoms with van der Waals surface area (Å²) in [5, 5.41) is 9.81. The summed E-state index contributed by atoms with van der Waals surface area (Å²) in [7, 11) is 0. The van der Waals surface area contributed by atoms with Gasteiger partial charge in [-0.1, -0.05) is 12.1 Å². The van der Waals surface area contributed by atoms with Gasteiger partial charge in [0.2, 0.25) is 0 Å². The van der Waals surface area contributed by atoms with E-state index in [0.29, 0.717) is 6.54 Å². The van der Waals surface area contributed by atoms with Crippen LogP contribution in [0.5, 0.6) is 0 Å². The maximum absolute atomic E-state index is 9.81. The quantitative estimate of drug-likeness (QED) is 0.883. The SMILES string of the molecule is CSc1cccc(-c2nccc(N3CCC[C@@H](O)C3)n2)c1. The van der Waals surface area contributed by atoms with Crippen LogP contribution in [0.3, 0.4) is 0 Å². The highest BCUT2D eigenvalue weighted by molar-refractivity contribution is 7.98. The Morgan fingerprint density at radius 3 is 3.05 bits per heavy atom. The van der Waals surface area contributed by atoms with Gasteiger partial charge in [0.25, 0.3) is 0 Å². The molecule has 2 aromatic rings. The molecule has 1 saturated heterocycles. The van der Waals surface area contributed by atoms with Crippen molar-refractivity contribution in [2.24, 2.45) is 0 Å². The van der Waals surface area contributed by atoms with Gasteiger partial charge in [0.1, 0.15) is 5.82 Å². The monoisotopic (exact) mass is 301 g/mol. The summed E-state index contributed by atoms with van der Waals surface area (Å²) < 4.78 is 0. The summed E-state index contributed by atoms with van der Waals surface area (Å²) in [6.07, 6.45) is 5.49. The lowest BCUT2D eigenvalue weighted by molar-refractivity contribution is 0.154. The normalized spacial score (nSPS) is 18.8. The topological polar surface area (TPSA) is 49.2 Å². The number of thioether (sulfide) groups is 1. The molecule has 0 aliphatic carbocycles. The van der Waals surface area contributed by atoms with Crippen molar-refractivity contribution in [3.63, 3.8) is 0 Å². The third-order valence-corrected chi connectivity index (χ3v) is 4.41. The first-order chi connectivity index (χ1) is 10.3. The Labute approximate surface area is 129 Å². The van der Waals surface area contributed by atoms with E-state index in [0.717, 1.165) is 36.6 Å². The zero-order chi connectivity index (χ0) is 14.7. The van der Waals surface area contributed by atoms with Crippen LogP contribution < -0.4 is 4.90 Å². The minimum atomic E-state index is -0.253. The average Bonchev–Trinajstić information content (AvgIpc) is 2.55. The van der Waals surface area contributed by atoms with Crippen LogP contribution in [-0.2, 0) is 0 Å². The summed E-state index contributed by atoms with van der Waals surface area (Å²) in [5.74, 6) is 1.64. The van der Waals surface area contributed by atoms with Gasteiger partial charge >= 0.3 is 0 Å². The van der Waals surface area contributed by atoms with Crippen LogP contribution in [-0.4, -0.2) is 40.5 Å². The highest BCUT2D eigenvalue weighted by atomic mass is 32.2. The van der Waals surface area contributed by atoms with E-state index in [1.807, 2.05) is 18.2 Å². The number of nitrogens with zero attached hydrogens (tertiary/aromatic N) is 3. The van der Waals surface area contributed by atoms with Crippen molar-refractivity contribution in [1.29, 1.82) is 0 Å². The lowest BCUT2D eigenvalue weighted by atomic mass is 10.1. The van der Waals surface area contributed by atoms with Crippen LogP contribution in [0.2, 0.25) is 0 Å². The Balaban J connectivity index is 1.88. The molecule has 3 rings (SSSR count). The molecule has 1 aliphatic heterocycles. The number of benzene rings is 1. The van der Waals surface area contributed by atoms with Gasteiger partial charge in [-0.3, -0.25) is 0 Å². The van der Waals surface area contributed by atoms with Crippen molar-refractivity contribution in [3.8, 4) is 11.4 Å². The van der Waals surface area contributed by atoms with Crippen LogP contribution in [0, 0.1) is 0 Å². The molecule has 110 valence electrons. The summed E-state index contributed by atoms with van der Waals surface area (Å²) >= 11 is 1.71. The zero-order valence-electron chi connectivity index (χ0n) is 12.1. The summed E-state index contributed by atoms with van der Waals surface area (Å²) in [6, 6.07) is 10.2. The second-order valence-electron chi connectivity index (χ2n) is 5.21. The molecule has 0 bridgehead atoms. The van der Waals surface area contributed by atoms with Crippen LogP contribution >= 0.6 is 11.8 Å². The average molecular weight is 301 g/mol. The van der Waals surface area contributed by atoms with Crippen molar-refractivity contribution in [2.45, 2.75) is 23.8 Å². The first kappa shape index (κ1) is 14.4. The molecule has 0 saturated carbocycles. The smallest absolute Gasteiger partial charge is 0.161 e. The first-order valence-electron chi connectivity index (χ1n) is 7.17. The molecule has 1 N–H and O–H groups in total. The van der Waals surface area contributed by atoms with E-state index in [-0.39, 0.29) is 6.10 Å². The maximum Gasteiger partial charge on any atom is 0.161 e. The number of piperidine rings is 1. The lowest BCUT2D eigenvalue weighted by Gasteiger charge is -2.31. The molecule has 1 aliphatic rings. The highest BCUT2D eigenvalue weighted by Gasteiger charge is 2.19. The molecule has 21 heavy (non-hydrogen) atoms. The molecule has 0 radical (unpaired) electrons. The Morgan fingerprint density at radius 2 is 2.24 bits per heavy atom. The standard InChI is InChI=1S/C16H19N3OS/c1-21-14-6-2-4-12(10-14)16-17-8-7-15(18-16)19-9-3-5-13(20)11-19/h2,4,6-8,10,13,20H,3,5,9,11H2,1H3/t13-/m1/s1. The summed E-state index contributed by atoms with van der Waals surface area (Å²) in [6.45, 7) is 1.60. The van der Waals surface area contributed by atoms with Crippen molar-refractivity contribution >= 4 is 17.6 Å². The van der Waals surface area contributed by atoms with E-state index in [4.69, 9.17) is 0 Å². The molecule has 1 atom stereocenters. The van der Waals surface area contributed by atoms with Gasteiger partial charge in [-0.15, -0.1) is 11.8 Å². The predicted octanol–water partition coefficient (Wildman–Crippen LogP) is 2.83. The molecule has 0 amide bonds. The van der Waals surface area contributed by atoms with Crippen LogP contribution in [0.25, 0.3) is 11.4 Å². The molecule has 1 fully saturated rings. The number of hydrogen-bond donors (Lipinski definition) is 1. The molecular weight excluding hydrogens is 282 g/mol. The van der Waals surface area contributed by atoms with E-state index in [1.165, 1.54) is 4.90 Å². The minimum Gasteiger partial charge on any atom is -0.391 e. The van der Waals surface area contributed by atoms with Crippen LogP contribution in [0.1, 0.15) is 12.8 Å². The Bertz CT molecular complexity index is 620. The Kier molecular flexibility index (Phi) is 4.41. The highest BCUT2D eigenvalue weighted by Crippen LogP contribution is 2.24. The Morgan fingerprint density at radius 1 is 1.33 bits per heavy atom. The fourth-order valence-corrected chi connectivity index (χ4v) is 3.05. The van der Waals surface area contributed by atoms with E-state index < -0.39 is 0 Å². The van der Waals surface area contributed by atoms with Crippen molar-refractivity contribution in [2.75, 3.05) is 24.2 Å². The van der Waals surface area contributed by atoms with Gasteiger partial charge in [-0.05, 0) is 37.3 Å². The number of aromatic nitrogens is 2. The van der Waals surface area contributed by atoms with E-state index in [2.05, 4.69) is 33.3 Å². The predicted molar refractivity (Wildman–Crippen MR) is 86.7 cm³/mol. The number of rotatable bonds is 3. The number of aliphatic hydroxyl groups is 1. The van der Waals surface area contributed by atoms with Crippen molar-refractivity contribution in [3.05, 3.63) is 36.5 Å². The third-order valence-electron chi connectivity index (χ3n) is 3.69. The Hall–Kier alpha value is -1.59. The summed E-state index contributed by atoms with van der Waals surface area (Å²) in [5.41, 5.74) is 1.03. The number of β-amino-alcohol motifs (C(OH)–C–C–N with tert-alkyl or cyclic N) is 1. The molecule has 1 aromatic carbocycles. The van der Waals surface area contributed by atoms with E-state index in [1.54, 1.807) is 18.0 Å². The second kappa shape index (κ2) is 6.45. The number of anilines is 1. The fraction of sp³-hybridized carbons (Fsp3) is 0.375. The van der Waals surface area contributed by atoms with Crippen molar-refractivity contribution in [1.82, 2.24) is 9.97 Å². The van der Waals surface area contributed by atoms with Crippen LogP contribution in [0.4, 0.5) is 5.82 Å². The molecule has 5 heteroatoms. The van der Waals surface area contributed by atoms with Gasteiger partial charge in [-0.2, -0.15) is 0 Å². The van der Waals surface area contributed by atoms with E-state index >= 15 is 0 Å². The second-order valence-corrected chi connectivity index (χ2v) is 6.09. The van der Waals surface area contributed by atoms with Gasteiger partial charge in [0.15, 0.2) is 5.82 Å². The maximum atomic E-state index is 9.81. The zero-order valence-corrected chi connectivity index (χ0v) is 12.9. The first-order valence-corrected chi connectivity index (χ1v) is 8.39. The van der Waals surface area contributed by atoms with E-state index in [9.17, 15) is 5.11 Å². The third kappa shape index (κ3) is 3.36. The molecule has 0 spiro atoms. The van der Waals surface area contributed by atoms with Gasteiger partial charge < -0.3 is 10.0 Å². The molecular formula is C16H19N3OS. The van der Waals surface area contributed by atoms with Gasteiger partial charge in [-0.25, -0.2) is 9.97 Å². The fourth-order valence-electron chi connectivity index (χ4n) is 2.59. The van der Waals surface area contributed by atoms with Crippen LogP contribution in [0.15, 0.2) is 41.4 Å². The molecule has 4 nitrogen and oxygen atoms in total. The van der Waals surface area contributed by atoms with Gasteiger partial charge in [0.05, 0.1) is 6.10 Å². The van der Waals surface area contributed by atoms with Gasteiger partial charge in [0, 0.05) is 29.7 Å². The number of hydrogen-bond acceptors (Lipinski definition) is 5. The lowest BCUT2D eigenvalue weighted by Crippen LogP contribution is -2.38. The molecule has 0 unspecified atom stereocenters. The number of aliphatic hydroxyl groups excluding tert-OH is 1. The minimum absolute atomic E-state index is 0.253. The van der Waals surface area contributed by atoms with Crippen molar-refractivity contribution < 1.29 is 5.11 Å².